The number of halogens is 1. The van der Waals surface area contributed by atoms with Crippen molar-refractivity contribution in [1.82, 2.24) is 19.9 Å². The standard InChI is InChI=1S/C32H34FN5O6S/c1-17-11-21(29-24(12-17)37-28(41-6)16-35-29)30-38-23-14-22(33)25(15-26(23)45-30)43-18(2)19(3)44-31(39)36-20-7-9-34-27(13-20)42-10-8-32(4,5)40/h7,9,11-16,18-19,40H,8,10H2,1-6H3,(H,34,36,39)/t18-,19+/m0/s1. The molecule has 236 valence electrons. The Morgan fingerprint density at radius 3 is 2.62 bits per heavy atom. The minimum atomic E-state index is -0.866. The molecule has 5 aromatic rings. The number of nitrogens with one attached hydrogen (secondary N) is 1. The van der Waals surface area contributed by atoms with Crippen LogP contribution in [0.1, 0.15) is 39.7 Å². The number of aliphatic hydroxyl groups is 1. The lowest BCUT2D eigenvalue weighted by atomic mass is 10.1. The quantitative estimate of drug-likeness (QED) is 0.161. The Morgan fingerprint density at radius 2 is 1.87 bits per heavy atom. The van der Waals surface area contributed by atoms with E-state index in [-0.39, 0.29) is 12.4 Å². The van der Waals surface area contributed by atoms with E-state index in [0.717, 1.165) is 11.1 Å². The fraction of sp³-hybridized carbons (Fsp3) is 0.344. The van der Waals surface area contributed by atoms with Crippen LogP contribution in [0.3, 0.4) is 0 Å². The molecule has 0 fully saturated rings. The van der Waals surface area contributed by atoms with E-state index in [9.17, 15) is 9.90 Å². The molecule has 0 spiro atoms. The summed E-state index contributed by atoms with van der Waals surface area (Å²) >= 11 is 1.38. The fourth-order valence-electron chi connectivity index (χ4n) is 4.32. The number of hydrogen-bond acceptors (Lipinski definition) is 11. The minimum absolute atomic E-state index is 0.0154. The summed E-state index contributed by atoms with van der Waals surface area (Å²) in [6.45, 7) is 8.93. The van der Waals surface area contributed by atoms with Gasteiger partial charge in [0.05, 0.1) is 52.5 Å². The van der Waals surface area contributed by atoms with Gasteiger partial charge in [-0.25, -0.2) is 29.1 Å². The first-order valence-electron chi connectivity index (χ1n) is 14.3. The Labute approximate surface area is 263 Å². The number of anilines is 1. The van der Waals surface area contributed by atoms with Gasteiger partial charge in [0.15, 0.2) is 11.6 Å². The number of carbonyl (C=O) groups is 1. The molecule has 2 atom stereocenters. The van der Waals surface area contributed by atoms with Gasteiger partial charge < -0.3 is 24.1 Å². The van der Waals surface area contributed by atoms with Gasteiger partial charge in [0.1, 0.15) is 17.2 Å². The number of amides is 1. The van der Waals surface area contributed by atoms with Crippen molar-refractivity contribution in [2.24, 2.45) is 0 Å². The molecule has 0 aliphatic heterocycles. The molecule has 3 aromatic heterocycles. The molecule has 0 saturated carbocycles. The molecule has 3 heterocycles. The Morgan fingerprint density at radius 1 is 1.07 bits per heavy atom. The molecule has 0 saturated heterocycles. The zero-order chi connectivity index (χ0) is 32.3. The lowest BCUT2D eigenvalue weighted by Gasteiger charge is -2.22. The number of thiazole rings is 1. The molecule has 5 rings (SSSR count). The van der Waals surface area contributed by atoms with Crippen LogP contribution in [-0.4, -0.2) is 62.7 Å². The van der Waals surface area contributed by atoms with Crippen molar-refractivity contribution in [2.45, 2.75) is 58.8 Å². The maximum absolute atomic E-state index is 15.1. The molecule has 45 heavy (non-hydrogen) atoms. The predicted octanol–water partition coefficient (Wildman–Crippen LogP) is 6.70. The molecule has 0 bridgehead atoms. The number of aryl methyl sites for hydroxylation is 1. The number of aromatic nitrogens is 4. The van der Waals surface area contributed by atoms with Crippen molar-refractivity contribution in [3.8, 4) is 28.1 Å². The predicted molar refractivity (Wildman–Crippen MR) is 170 cm³/mol. The van der Waals surface area contributed by atoms with Crippen molar-refractivity contribution < 1.29 is 33.2 Å². The van der Waals surface area contributed by atoms with Crippen molar-refractivity contribution in [3.63, 3.8) is 0 Å². The highest BCUT2D eigenvalue weighted by molar-refractivity contribution is 7.21. The van der Waals surface area contributed by atoms with E-state index in [0.29, 0.717) is 50.1 Å². The van der Waals surface area contributed by atoms with Gasteiger partial charge in [-0.15, -0.1) is 11.3 Å². The van der Waals surface area contributed by atoms with E-state index in [1.54, 1.807) is 52.1 Å². The lowest BCUT2D eigenvalue weighted by Crippen LogP contribution is -2.32. The van der Waals surface area contributed by atoms with E-state index in [1.165, 1.54) is 30.7 Å². The molecular formula is C32H34FN5O6S. The summed E-state index contributed by atoms with van der Waals surface area (Å²) in [7, 11) is 1.54. The van der Waals surface area contributed by atoms with E-state index in [4.69, 9.17) is 18.9 Å². The SMILES string of the molecule is COc1cnc2c(-c3nc4cc(F)c(O[C@@H](C)[C@@H](C)OC(=O)Nc5ccnc(OCCC(C)(C)O)c5)cc4s3)cc(C)cc2n1. The highest BCUT2D eigenvalue weighted by Crippen LogP contribution is 2.37. The summed E-state index contributed by atoms with van der Waals surface area (Å²) in [6.07, 6.45) is 1.32. The highest BCUT2D eigenvalue weighted by Gasteiger charge is 2.22. The number of methoxy groups -OCH3 is 1. The number of carbonyl (C=O) groups excluding carboxylic acids is 1. The second kappa shape index (κ2) is 13.2. The average molecular weight is 636 g/mol. The number of pyridine rings is 1. The molecule has 1 amide bonds. The average Bonchev–Trinajstić information content (AvgIpc) is 3.38. The van der Waals surface area contributed by atoms with Crippen LogP contribution in [0.4, 0.5) is 14.9 Å². The summed E-state index contributed by atoms with van der Waals surface area (Å²) in [6, 6.07) is 9.95. The topological polar surface area (TPSA) is 138 Å². The monoisotopic (exact) mass is 635 g/mol. The van der Waals surface area contributed by atoms with Gasteiger partial charge in [0.2, 0.25) is 11.8 Å². The van der Waals surface area contributed by atoms with Crippen LogP contribution >= 0.6 is 11.3 Å². The van der Waals surface area contributed by atoms with Crippen LogP contribution in [0.5, 0.6) is 17.5 Å². The van der Waals surface area contributed by atoms with Crippen LogP contribution < -0.4 is 19.5 Å². The van der Waals surface area contributed by atoms with Gasteiger partial charge >= 0.3 is 6.09 Å². The van der Waals surface area contributed by atoms with Crippen molar-refractivity contribution >= 4 is 44.4 Å². The van der Waals surface area contributed by atoms with E-state index in [2.05, 4.69) is 25.3 Å². The van der Waals surface area contributed by atoms with Gasteiger partial charge in [0, 0.05) is 36.4 Å². The Bertz CT molecular complexity index is 1840. The lowest BCUT2D eigenvalue weighted by molar-refractivity contribution is 0.0402. The Hall–Kier alpha value is -4.62. The maximum atomic E-state index is 15.1. The molecule has 0 radical (unpaired) electrons. The normalized spacial score (nSPS) is 13.0. The fourth-order valence-corrected chi connectivity index (χ4v) is 5.32. The zero-order valence-electron chi connectivity index (χ0n) is 25.8. The summed E-state index contributed by atoms with van der Waals surface area (Å²) < 4.78 is 38.0. The molecule has 0 unspecified atom stereocenters. The first-order valence-corrected chi connectivity index (χ1v) is 15.1. The van der Waals surface area contributed by atoms with Gasteiger partial charge in [0.25, 0.3) is 0 Å². The van der Waals surface area contributed by atoms with Crippen molar-refractivity contribution in [1.29, 1.82) is 0 Å². The molecule has 13 heteroatoms. The summed E-state index contributed by atoms with van der Waals surface area (Å²) in [4.78, 5) is 30.4. The smallest absolute Gasteiger partial charge is 0.412 e. The highest BCUT2D eigenvalue weighted by atomic mass is 32.1. The van der Waals surface area contributed by atoms with Crippen LogP contribution in [0.15, 0.2) is 48.8 Å². The van der Waals surface area contributed by atoms with Gasteiger partial charge in [-0.05, 0) is 58.4 Å². The van der Waals surface area contributed by atoms with Gasteiger partial charge in [-0.3, -0.25) is 5.32 Å². The number of hydrogen-bond donors (Lipinski definition) is 2. The molecule has 2 N–H and O–H groups in total. The third-order valence-electron chi connectivity index (χ3n) is 6.86. The number of ether oxygens (including phenoxy) is 4. The van der Waals surface area contributed by atoms with Gasteiger partial charge in [-0.2, -0.15) is 0 Å². The Balaban J connectivity index is 1.25. The van der Waals surface area contributed by atoms with Crippen LogP contribution in [0.25, 0.3) is 31.8 Å². The van der Waals surface area contributed by atoms with Crippen LogP contribution in [0, 0.1) is 12.7 Å². The second-order valence-electron chi connectivity index (χ2n) is 11.2. The summed E-state index contributed by atoms with van der Waals surface area (Å²) in [5.74, 6) is 0.132. The molecular weight excluding hydrogens is 601 g/mol. The van der Waals surface area contributed by atoms with Gasteiger partial charge in [-0.1, -0.05) is 0 Å². The van der Waals surface area contributed by atoms with Crippen LogP contribution in [0.2, 0.25) is 0 Å². The molecule has 11 nitrogen and oxygen atoms in total. The zero-order valence-corrected chi connectivity index (χ0v) is 26.6. The van der Waals surface area contributed by atoms with E-state index in [1.807, 2.05) is 19.1 Å². The number of fused-ring (bicyclic) bond motifs is 2. The third-order valence-corrected chi connectivity index (χ3v) is 7.91. The van der Waals surface area contributed by atoms with Crippen molar-refractivity contribution in [2.75, 3.05) is 19.0 Å². The summed E-state index contributed by atoms with van der Waals surface area (Å²) in [5, 5.41) is 13.1. The number of rotatable bonds is 11. The third kappa shape index (κ3) is 7.91. The van der Waals surface area contributed by atoms with E-state index >= 15 is 4.39 Å². The first-order chi connectivity index (χ1) is 21.4. The minimum Gasteiger partial charge on any atom is -0.484 e. The number of benzene rings is 2. The van der Waals surface area contributed by atoms with Crippen LogP contribution in [-0.2, 0) is 4.74 Å². The molecule has 0 aliphatic rings. The largest absolute Gasteiger partial charge is 0.484 e. The Kier molecular flexibility index (Phi) is 9.30. The second-order valence-corrected chi connectivity index (χ2v) is 12.2. The number of nitrogens with zero attached hydrogens (tertiary/aromatic N) is 4. The van der Waals surface area contributed by atoms with E-state index < -0.39 is 29.7 Å². The molecule has 2 aromatic carbocycles. The molecule has 0 aliphatic carbocycles. The maximum Gasteiger partial charge on any atom is 0.412 e. The summed E-state index contributed by atoms with van der Waals surface area (Å²) in [5.41, 5.74) is 3.12. The first kappa shape index (κ1) is 31.8. The van der Waals surface area contributed by atoms with Crippen molar-refractivity contribution in [3.05, 3.63) is 60.2 Å².